The number of benzene rings is 1. The zero-order valence-electron chi connectivity index (χ0n) is 21.3. The Labute approximate surface area is 231 Å². The van der Waals surface area contributed by atoms with Crippen molar-refractivity contribution < 1.29 is 27.5 Å². The minimum atomic E-state index is -4.55. The zero-order chi connectivity index (χ0) is 27.9. The number of hydrogen-bond acceptors (Lipinski definition) is 7. The summed E-state index contributed by atoms with van der Waals surface area (Å²) in [7, 11) is 0. The molecule has 13 heteroatoms. The van der Waals surface area contributed by atoms with Crippen LogP contribution in [0.5, 0.6) is 0 Å². The Morgan fingerprint density at radius 2 is 1.90 bits per heavy atom. The summed E-state index contributed by atoms with van der Waals surface area (Å²) in [6.45, 7) is 3.39. The van der Waals surface area contributed by atoms with E-state index in [0.717, 1.165) is 22.6 Å². The van der Waals surface area contributed by atoms with Gasteiger partial charge in [0, 0.05) is 54.5 Å². The summed E-state index contributed by atoms with van der Waals surface area (Å²) in [6.07, 6.45) is 2.27. The van der Waals surface area contributed by atoms with E-state index in [1.54, 1.807) is 39.5 Å². The van der Waals surface area contributed by atoms with Gasteiger partial charge >= 0.3 is 6.18 Å². The van der Waals surface area contributed by atoms with Crippen molar-refractivity contribution in [3.05, 3.63) is 81.1 Å². The van der Waals surface area contributed by atoms with E-state index in [2.05, 4.69) is 15.4 Å². The highest BCUT2D eigenvalue weighted by Gasteiger charge is 2.32. The Balaban J connectivity index is 1.19. The highest BCUT2D eigenvalue weighted by atomic mass is 32.1. The quantitative estimate of drug-likeness (QED) is 0.389. The maximum absolute atomic E-state index is 13.7. The summed E-state index contributed by atoms with van der Waals surface area (Å²) < 4.78 is 47.9. The molecule has 2 amide bonds. The molecule has 1 aromatic carbocycles. The molecule has 4 aromatic rings. The first-order chi connectivity index (χ1) is 19.3. The molecule has 5 heterocycles. The maximum atomic E-state index is 13.7. The molecule has 9 nitrogen and oxygen atoms in total. The van der Waals surface area contributed by atoms with Gasteiger partial charge in [-0.3, -0.25) is 19.5 Å². The van der Waals surface area contributed by atoms with Gasteiger partial charge in [0.2, 0.25) is 0 Å². The van der Waals surface area contributed by atoms with Crippen molar-refractivity contribution in [1.29, 1.82) is 0 Å². The first-order valence-electron chi connectivity index (χ1n) is 12.7. The van der Waals surface area contributed by atoms with Gasteiger partial charge in [-0.25, -0.2) is 4.52 Å². The summed E-state index contributed by atoms with van der Waals surface area (Å²) in [5, 5.41) is 8.60. The van der Waals surface area contributed by atoms with Gasteiger partial charge in [-0.2, -0.15) is 18.3 Å². The number of nitrogens with zero attached hydrogens (tertiary/aromatic N) is 5. The van der Waals surface area contributed by atoms with Gasteiger partial charge in [0.1, 0.15) is 0 Å². The van der Waals surface area contributed by atoms with Gasteiger partial charge in [0.15, 0.2) is 0 Å². The second kappa shape index (κ2) is 10.6. The number of ether oxygens (including phenoxy) is 1. The van der Waals surface area contributed by atoms with Crippen LogP contribution >= 0.6 is 11.3 Å². The molecule has 0 saturated carbocycles. The fraction of sp³-hybridized carbons (Fsp3) is 0.333. The smallest absolute Gasteiger partial charge is 0.379 e. The molecule has 1 saturated heterocycles. The maximum Gasteiger partial charge on any atom is 0.416 e. The van der Waals surface area contributed by atoms with Crippen molar-refractivity contribution in [3.8, 4) is 0 Å². The molecule has 1 N–H and O–H groups in total. The van der Waals surface area contributed by atoms with Crippen molar-refractivity contribution in [2.75, 3.05) is 38.2 Å². The Morgan fingerprint density at radius 3 is 2.70 bits per heavy atom. The van der Waals surface area contributed by atoms with E-state index in [1.165, 1.54) is 17.5 Å². The molecular weight excluding hydrogens is 545 g/mol. The number of nitrogens with one attached hydrogen (secondary N) is 1. The average molecular weight is 571 g/mol. The number of carbonyl (C=O) groups excluding carboxylic acids is 2. The first-order valence-corrected chi connectivity index (χ1v) is 13.6. The fourth-order valence-corrected chi connectivity index (χ4v) is 6.19. The molecule has 0 aliphatic carbocycles. The molecular formula is C27H25F3N6O3S. The second-order valence-corrected chi connectivity index (χ2v) is 10.7. The lowest BCUT2D eigenvalue weighted by molar-refractivity contribution is -0.137. The Kier molecular flexibility index (Phi) is 7.02. The van der Waals surface area contributed by atoms with Crippen LogP contribution in [0.1, 0.15) is 42.3 Å². The fourth-order valence-electron chi connectivity index (χ4n) is 5.10. The standard InChI is InChI=1S/C27H25F3N6O3S/c28-27(29,30)18-9-17(14-34-5-7-39-8-6-34)10-19(11-18)33-25(37)22-16-40-24-15-35(3-1-20(22)24)26(38)21-12-32-36-4-2-31-13-23(21)36/h2,4,9-13,16H,1,3,5-8,14-15H2,(H,33,37). The summed E-state index contributed by atoms with van der Waals surface area (Å²) in [6, 6.07) is 3.68. The van der Waals surface area contributed by atoms with Crippen LogP contribution in [0.4, 0.5) is 18.9 Å². The largest absolute Gasteiger partial charge is 0.416 e. The Bertz CT molecular complexity index is 1580. The lowest BCUT2D eigenvalue weighted by Gasteiger charge is -2.27. The number of morpholine rings is 1. The molecule has 2 aliphatic rings. The van der Waals surface area contributed by atoms with Crippen LogP contribution in [-0.4, -0.2) is 69.1 Å². The third-order valence-corrected chi connectivity index (χ3v) is 8.14. The highest BCUT2D eigenvalue weighted by Crippen LogP contribution is 2.34. The van der Waals surface area contributed by atoms with E-state index in [1.807, 2.05) is 4.90 Å². The van der Waals surface area contributed by atoms with Crippen LogP contribution in [0.3, 0.4) is 0 Å². The summed E-state index contributed by atoms with van der Waals surface area (Å²) in [5.74, 6) is -0.646. The van der Waals surface area contributed by atoms with Crippen molar-refractivity contribution in [2.24, 2.45) is 0 Å². The zero-order valence-corrected chi connectivity index (χ0v) is 22.1. The topological polar surface area (TPSA) is 92.1 Å². The normalized spacial score (nSPS) is 16.2. The lowest BCUT2D eigenvalue weighted by atomic mass is 10.0. The van der Waals surface area contributed by atoms with Crippen LogP contribution in [-0.2, 0) is 30.4 Å². The average Bonchev–Trinajstić information content (AvgIpc) is 3.57. The first kappa shape index (κ1) is 26.4. The number of carbonyl (C=O) groups is 2. The van der Waals surface area contributed by atoms with Crippen molar-refractivity contribution in [2.45, 2.75) is 25.7 Å². The molecule has 1 fully saturated rings. The van der Waals surface area contributed by atoms with E-state index < -0.39 is 17.6 Å². The van der Waals surface area contributed by atoms with E-state index in [9.17, 15) is 22.8 Å². The number of hydrogen-bond donors (Lipinski definition) is 1. The third-order valence-electron chi connectivity index (χ3n) is 7.12. The van der Waals surface area contributed by atoms with E-state index in [4.69, 9.17) is 4.74 Å². The lowest BCUT2D eigenvalue weighted by Crippen LogP contribution is -2.36. The van der Waals surface area contributed by atoms with E-state index >= 15 is 0 Å². The molecule has 208 valence electrons. The number of anilines is 1. The minimum absolute atomic E-state index is 0.0948. The van der Waals surface area contributed by atoms with Crippen LogP contribution in [0.15, 0.2) is 48.4 Å². The molecule has 0 spiro atoms. The van der Waals surface area contributed by atoms with E-state index in [0.29, 0.717) is 74.6 Å². The molecule has 3 aromatic heterocycles. The molecule has 0 atom stereocenters. The number of thiophene rings is 1. The molecule has 2 aliphatic heterocycles. The number of rotatable bonds is 5. The summed E-state index contributed by atoms with van der Waals surface area (Å²) in [4.78, 5) is 35.1. The van der Waals surface area contributed by atoms with Crippen molar-refractivity contribution in [1.82, 2.24) is 24.4 Å². The van der Waals surface area contributed by atoms with E-state index in [-0.39, 0.29) is 11.6 Å². The van der Waals surface area contributed by atoms with Gasteiger partial charge in [0.25, 0.3) is 11.8 Å². The minimum Gasteiger partial charge on any atom is -0.379 e. The predicted octanol–water partition coefficient (Wildman–Crippen LogP) is 4.09. The van der Waals surface area contributed by atoms with Crippen LogP contribution in [0.2, 0.25) is 0 Å². The second-order valence-electron chi connectivity index (χ2n) is 9.75. The van der Waals surface area contributed by atoms with Gasteiger partial charge in [-0.15, -0.1) is 11.3 Å². The van der Waals surface area contributed by atoms with Gasteiger partial charge < -0.3 is 15.0 Å². The number of halogens is 3. The van der Waals surface area contributed by atoms with Crippen molar-refractivity contribution >= 4 is 34.4 Å². The summed E-state index contributed by atoms with van der Waals surface area (Å²) in [5.41, 5.74) is 2.04. The number of aromatic nitrogens is 3. The number of alkyl halides is 3. The third kappa shape index (κ3) is 5.31. The predicted molar refractivity (Wildman–Crippen MR) is 141 cm³/mol. The van der Waals surface area contributed by atoms with Crippen molar-refractivity contribution in [3.63, 3.8) is 0 Å². The van der Waals surface area contributed by atoms with Gasteiger partial charge in [-0.05, 0) is 35.7 Å². The molecule has 0 radical (unpaired) electrons. The molecule has 40 heavy (non-hydrogen) atoms. The summed E-state index contributed by atoms with van der Waals surface area (Å²) >= 11 is 1.36. The SMILES string of the molecule is O=C(Nc1cc(CN2CCOCC2)cc(C(F)(F)F)c1)c1csc2c1CCN(C(=O)c1cnn3ccncc13)C2. The monoisotopic (exact) mass is 570 g/mol. The highest BCUT2D eigenvalue weighted by molar-refractivity contribution is 7.10. The van der Waals surface area contributed by atoms with Crippen LogP contribution < -0.4 is 5.32 Å². The number of amides is 2. The van der Waals surface area contributed by atoms with Gasteiger partial charge in [0.05, 0.1) is 54.4 Å². The number of fused-ring (bicyclic) bond motifs is 2. The Morgan fingerprint density at radius 1 is 1.07 bits per heavy atom. The molecule has 0 unspecified atom stereocenters. The van der Waals surface area contributed by atoms with Crippen LogP contribution in [0.25, 0.3) is 5.52 Å². The van der Waals surface area contributed by atoms with Crippen LogP contribution in [0, 0.1) is 0 Å². The molecule has 6 rings (SSSR count). The Hall–Kier alpha value is -3.81. The molecule has 0 bridgehead atoms. The van der Waals surface area contributed by atoms with Gasteiger partial charge in [-0.1, -0.05) is 0 Å².